The zero-order valence-corrected chi connectivity index (χ0v) is 8.31. The van der Waals surface area contributed by atoms with Crippen molar-refractivity contribution in [3.05, 3.63) is 36.2 Å². The summed E-state index contributed by atoms with van der Waals surface area (Å²) in [6, 6.07) is 7.07. The number of aromatic nitrogens is 2. The molecule has 1 heterocycles. The molecule has 4 nitrogen and oxygen atoms in total. The summed E-state index contributed by atoms with van der Waals surface area (Å²) in [4.78, 5) is 7.96. The fraction of sp³-hybridized carbons (Fsp3) is 0.0909. The normalized spacial score (nSPS) is 10.2. The van der Waals surface area contributed by atoms with Gasteiger partial charge in [0.25, 0.3) is 0 Å². The number of phenolic OH excluding ortho intramolecular Hbond substituents is 1. The van der Waals surface area contributed by atoms with Crippen LogP contribution in [0.25, 0.3) is 11.1 Å². The van der Waals surface area contributed by atoms with Crippen molar-refractivity contribution in [2.24, 2.45) is 0 Å². The van der Waals surface area contributed by atoms with E-state index in [0.29, 0.717) is 0 Å². The quantitative estimate of drug-likeness (QED) is 0.737. The summed E-state index contributed by atoms with van der Waals surface area (Å²) >= 11 is 0. The molecule has 1 aromatic carbocycles. The van der Waals surface area contributed by atoms with Gasteiger partial charge in [0.1, 0.15) is 5.75 Å². The monoisotopic (exact) mass is 201 g/mol. The highest BCUT2D eigenvalue weighted by molar-refractivity contribution is 5.71. The maximum absolute atomic E-state index is 9.67. The number of para-hydroxylation sites is 1. The van der Waals surface area contributed by atoms with Crippen molar-refractivity contribution in [2.45, 2.75) is 6.92 Å². The lowest BCUT2D eigenvalue weighted by molar-refractivity contribution is 0.477. The van der Waals surface area contributed by atoms with E-state index in [1.165, 1.54) is 0 Å². The molecule has 1 aromatic heterocycles. The van der Waals surface area contributed by atoms with Crippen LogP contribution in [0.15, 0.2) is 30.5 Å². The second-order valence-electron chi connectivity index (χ2n) is 3.24. The summed E-state index contributed by atoms with van der Waals surface area (Å²) in [6.45, 7) is 1.83. The number of rotatable bonds is 1. The summed E-state index contributed by atoms with van der Waals surface area (Å²) in [5.74, 6) is 0.459. The van der Waals surface area contributed by atoms with Crippen LogP contribution >= 0.6 is 0 Å². The molecule has 3 N–H and O–H groups in total. The SMILES string of the molecule is Cc1nc(N)ncc1-c1ccccc1O. The Morgan fingerprint density at radius 1 is 1.20 bits per heavy atom. The number of anilines is 1. The van der Waals surface area contributed by atoms with Gasteiger partial charge in [0.15, 0.2) is 0 Å². The van der Waals surface area contributed by atoms with Crippen molar-refractivity contribution < 1.29 is 5.11 Å². The first kappa shape index (κ1) is 9.45. The molecular weight excluding hydrogens is 190 g/mol. The Balaban J connectivity index is 2.60. The zero-order valence-electron chi connectivity index (χ0n) is 8.31. The molecule has 0 aliphatic heterocycles. The molecule has 0 saturated carbocycles. The summed E-state index contributed by atoms with van der Waals surface area (Å²) in [5, 5.41) is 9.67. The van der Waals surface area contributed by atoms with Gasteiger partial charge in [-0.3, -0.25) is 0 Å². The van der Waals surface area contributed by atoms with Crippen LogP contribution in [0.3, 0.4) is 0 Å². The summed E-state index contributed by atoms with van der Waals surface area (Å²) in [5.41, 5.74) is 7.72. The Hall–Kier alpha value is -2.10. The number of aryl methyl sites for hydroxylation is 1. The maximum atomic E-state index is 9.67. The van der Waals surface area contributed by atoms with Crippen molar-refractivity contribution in [3.63, 3.8) is 0 Å². The zero-order chi connectivity index (χ0) is 10.8. The summed E-state index contributed by atoms with van der Waals surface area (Å²) in [6.07, 6.45) is 1.62. The molecule has 76 valence electrons. The fourth-order valence-electron chi connectivity index (χ4n) is 1.45. The molecular formula is C11H11N3O. The van der Waals surface area contributed by atoms with E-state index in [0.717, 1.165) is 16.8 Å². The minimum atomic E-state index is 0.217. The third kappa shape index (κ3) is 1.74. The molecule has 0 fully saturated rings. The van der Waals surface area contributed by atoms with Crippen molar-refractivity contribution in [1.29, 1.82) is 0 Å². The van der Waals surface area contributed by atoms with Crippen molar-refractivity contribution in [2.75, 3.05) is 5.73 Å². The number of benzene rings is 1. The number of phenols is 1. The number of nitrogens with two attached hydrogens (primary N) is 1. The van der Waals surface area contributed by atoms with Gasteiger partial charge in [-0.25, -0.2) is 9.97 Å². The first-order chi connectivity index (χ1) is 7.18. The van der Waals surface area contributed by atoms with Gasteiger partial charge in [-0.2, -0.15) is 0 Å². The topological polar surface area (TPSA) is 72.0 Å². The maximum Gasteiger partial charge on any atom is 0.220 e. The van der Waals surface area contributed by atoms with Crippen LogP contribution in [-0.4, -0.2) is 15.1 Å². The number of hydrogen-bond donors (Lipinski definition) is 2. The van der Waals surface area contributed by atoms with E-state index in [1.807, 2.05) is 19.1 Å². The lowest BCUT2D eigenvalue weighted by Crippen LogP contribution is -1.97. The molecule has 2 rings (SSSR count). The molecule has 4 heteroatoms. The van der Waals surface area contributed by atoms with Crippen LogP contribution in [-0.2, 0) is 0 Å². The molecule has 0 amide bonds. The molecule has 0 aliphatic rings. The smallest absolute Gasteiger partial charge is 0.220 e. The van der Waals surface area contributed by atoms with Gasteiger partial charge in [0.2, 0.25) is 5.95 Å². The first-order valence-corrected chi connectivity index (χ1v) is 4.56. The molecule has 2 aromatic rings. The highest BCUT2D eigenvalue weighted by Gasteiger charge is 2.07. The third-order valence-corrected chi connectivity index (χ3v) is 2.19. The van der Waals surface area contributed by atoms with Crippen LogP contribution in [0.2, 0.25) is 0 Å². The number of nitrogen functional groups attached to an aromatic ring is 1. The summed E-state index contributed by atoms with van der Waals surface area (Å²) < 4.78 is 0. The van der Waals surface area contributed by atoms with Crippen LogP contribution in [0, 0.1) is 6.92 Å². The van der Waals surface area contributed by atoms with Gasteiger partial charge in [0.05, 0.1) is 5.69 Å². The van der Waals surface area contributed by atoms with E-state index in [1.54, 1.807) is 18.3 Å². The predicted octanol–water partition coefficient (Wildman–Crippen LogP) is 1.74. The molecule has 0 saturated heterocycles. The highest BCUT2D eigenvalue weighted by Crippen LogP contribution is 2.29. The predicted molar refractivity (Wildman–Crippen MR) is 58.3 cm³/mol. The fourth-order valence-corrected chi connectivity index (χ4v) is 1.45. The summed E-state index contributed by atoms with van der Waals surface area (Å²) in [7, 11) is 0. The van der Waals surface area contributed by atoms with E-state index >= 15 is 0 Å². The van der Waals surface area contributed by atoms with Crippen molar-refractivity contribution in [1.82, 2.24) is 9.97 Å². The van der Waals surface area contributed by atoms with E-state index in [4.69, 9.17) is 5.73 Å². The van der Waals surface area contributed by atoms with Gasteiger partial charge in [0, 0.05) is 17.3 Å². The van der Waals surface area contributed by atoms with Gasteiger partial charge in [-0.15, -0.1) is 0 Å². The molecule has 0 radical (unpaired) electrons. The molecule has 0 aliphatic carbocycles. The molecule has 0 unspecified atom stereocenters. The molecule has 0 atom stereocenters. The van der Waals surface area contributed by atoms with Gasteiger partial charge in [-0.1, -0.05) is 18.2 Å². The van der Waals surface area contributed by atoms with Crippen LogP contribution < -0.4 is 5.73 Å². The van der Waals surface area contributed by atoms with Crippen LogP contribution in [0.5, 0.6) is 5.75 Å². The lowest BCUT2D eigenvalue weighted by atomic mass is 10.1. The average molecular weight is 201 g/mol. The Morgan fingerprint density at radius 2 is 1.93 bits per heavy atom. The Labute approximate surface area is 87.4 Å². The Kier molecular flexibility index (Phi) is 2.25. The average Bonchev–Trinajstić information content (AvgIpc) is 2.20. The Bertz CT molecular complexity index is 497. The van der Waals surface area contributed by atoms with E-state index < -0.39 is 0 Å². The Morgan fingerprint density at radius 3 is 2.60 bits per heavy atom. The number of nitrogens with zero attached hydrogens (tertiary/aromatic N) is 2. The van der Waals surface area contributed by atoms with Gasteiger partial charge < -0.3 is 10.8 Å². The standard InChI is InChI=1S/C11H11N3O/c1-7-9(6-13-11(12)14-7)8-4-2-3-5-10(8)15/h2-6,15H,1H3,(H2,12,13,14). The van der Waals surface area contributed by atoms with Crippen molar-refractivity contribution >= 4 is 5.95 Å². The van der Waals surface area contributed by atoms with Gasteiger partial charge >= 0.3 is 0 Å². The molecule has 0 spiro atoms. The second-order valence-corrected chi connectivity index (χ2v) is 3.24. The van der Waals surface area contributed by atoms with E-state index in [-0.39, 0.29) is 11.7 Å². The lowest BCUT2D eigenvalue weighted by Gasteiger charge is -2.06. The van der Waals surface area contributed by atoms with Crippen molar-refractivity contribution in [3.8, 4) is 16.9 Å². The van der Waals surface area contributed by atoms with Crippen LogP contribution in [0.1, 0.15) is 5.69 Å². The first-order valence-electron chi connectivity index (χ1n) is 4.56. The molecule has 15 heavy (non-hydrogen) atoms. The minimum absolute atomic E-state index is 0.217. The second kappa shape index (κ2) is 3.57. The highest BCUT2D eigenvalue weighted by atomic mass is 16.3. The number of aromatic hydroxyl groups is 1. The largest absolute Gasteiger partial charge is 0.507 e. The molecule has 0 bridgehead atoms. The van der Waals surface area contributed by atoms with E-state index in [9.17, 15) is 5.11 Å². The third-order valence-electron chi connectivity index (χ3n) is 2.19. The minimum Gasteiger partial charge on any atom is -0.507 e. The van der Waals surface area contributed by atoms with Crippen LogP contribution in [0.4, 0.5) is 5.95 Å². The number of hydrogen-bond acceptors (Lipinski definition) is 4. The van der Waals surface area contributed by atoms with E-state index in [2.05, 4.69) is 9.97 Å². The van der Waals surface area contributed by atoms with Gasteiger partial charge in [-0.05, 0) is 13.0 Å².